The lowest BCUT2D eigenvalue weighted by Gasteiger charge is -2.11. The molecule has 0 atom stereocenters. The number of benzene rings is 2. The summed E-state index contributed by atoms with van der Waals surface area (Å²) in [6.45, 7) is 0.270. The molecule has 34 heavy (non-hydrogen) atoms. The molecule has 0 unspecified atom stereocenters. The number of nitrogens with one attached hydrogen (secondary N) is 1. The van der Waals surface area contributed by atoms with Gasteiger partial charge in [0, 0.05) is 30.7 Å². The first-order valence-electron chi connectivity index (χ1n) is 9.64. The smallest absolute Gasteiger partial charge is 0.416 e. The van der Waals surface area contributed by atoms with Crippen LogP contribution < -0.4 is 10.1 Å². The van der Waals surface area contributed by atoms with E-state index in [9.17, 15) is 28.1 Å². The van der Waals surface area contributed by atoms with Gasteiger partial charge in [0.2, 0.25) is 0 Å². The third kappa shape index (κ3) is 5.38. The average molecular weight is 472 g/mol. The third-order valence-electron chi connectivity index (χ3n) is 4.48. The van der Waals surface area contributed by atoms with Gasteiger partial charge in [-0.05, 0) is 30.3 Å². The number of hydrogen-bond donors (Lipinski definition) is 1. The van der Waals surface area contributed by atoms with Gasteiger partial charge in [0.05, 0.1) is 22.2 Å². The van der Waals surface area contributed by atoms with Crippen LogP contribution in [0.5, 0.6) is 11.5 Å². The molecule has 0 aliphatic carbocycles. The SMILES string of the molecule is O=C(Nc1cc(Oc2cccc(C(F)(F)F)c2)cc([N+](=O)[O-])c1)c1ccn(Cn2cccn2)n1. The molecular formula is C21H15F3N6O4. The van der Waals surface area contributed by atoms with E-state index < -0.39 is 28.3 Å². The summed E-state index contributed by atoms with van der Waals surface area (Å²) in [6.07, 6.45) is 0.295. The molecule has 0 radical (unpaired) electrons. The average Bonchev–Trinajstić information content (AvgIpc) is 3.46. The largest absolute Gasteiger partial charge is 0.457 e. The van der Waals surface area contributed by atoms with Crippen molar-refractivity contribution >= 4 is 17.3 Å². The van der Waals surface area contributed by atoms with E-state index in [0.29, 0.717) is 0 Å². The Bertz CT molecular complexity index is 1330. The number of rotatable bonds is 7. The molecule has 1 N–H and O–H groups in total. The van der Waals surface area contributed by atoms with Crippen molar-refractivity contribution in [2.45, 2.75) is 12.8 Å². The number of non-ortho nitro benzene ring substituents is 1. The monoisotopic (exact) mass is 472 g/mol. The molecule has 4 rings (SSSR count). The lowest BCUT2D eigenvalue weighted by molar-refractivity contribution is -0.384. The molecule has 174 valence electrons. The number of nitro groups is 1. The molecule has 0 fully saturated rings. The molecule has 1 amide bonds. The van der Waals surface area contributed by atoms with Gasteiger partial charge in [0.25, 0.3) is 11.6 Å². The Balaban J connectivity index is 1.54. The Morgan fingerprint density at radius 3 is 2.59 bits per heavy atom. The van der Waals surface area contributed by atoms with E-state index in [1.165, 1.54) is 22.9 Å². The second-order valence-electron chi connectivity index (χ2n) is 6.98. The Morgan fingerprint density at radius 2 is 1.88 bits per heavy atom. The van der Waals surface area contributed by atoms with Crippen molar-refractivity contribution in [1.82, 2.24) is 19.6 Å². The minimum absolute atomic E-state index is 0.00259. The quantitative estimate of drug-likeness (QED) is 0.311. The summed E-state index contributed by atoms with van der Waals surface area (Å²) in [6, 6.07) is 10.6. The minimum Gasteiger partial charge on any atom is -0.457 e. The van der Waals surface area contributed by atoms with Gasteiger partial charge in [-0.2, -0.15) is 23.4 Å². The number of amides is 1. The fourth-order valence-electron chi connectivity index (χ4n) is 2.98. The maximum absolute atomic E-state index is 12.9. The van der Waals surface area contributed by atoms with Crippen LogP contribution in [-0.2, 0) is 12.8 Å². The molecule has 0 saturated carbocycles. The summed E-state index contributed by atoms with van der Waals surface area (Å²) in [7, 11) is 0. The fourth-order valence-corrected chi connectivity index (χ4v) is 2.98. The van der Waals surface area contributed by atoms with Gasteiger partial charge in [-0.1, -0.05) is 6.07 Å². The lowest BCUT2D eigenvalue weighted by Crippen LogP contribution is -2.15. The molecule has 0 saturated heterocycles. The van der Waals surface area contributed by atoms with Crippen molar-refractivity contribution in [2.24, 2.45) is 0 Å². The molecular weight excluding hydrogens is 457 g/mol. The Morgan fingerprint density at radius 1 is 1.06 bits per heavy atom. The van der Waals surface area contributed by atoms with Crippen molar-refractivity contribution < 1.29 is 27.6 Å². The van der Waals surface area contributed by atoms with Gasteiger partial charge >= 0.3 is 6.18 Å². The van der Waals surface area contributed by atoms with Crippen molar-refractivity contribution in [3.63, 3.8) is 0 Å². The molecule has 2 aromatic heterocycles. The van der Waals surface area contributed by atoms with Crippen molar-refractivity contribution in [2.75, 3.05) is 5.32 Å². The highest BCUT2D eigenvalue weighted by atomic mass is 19.4. The van der Waals surface area contributed by atoms with E-state index in [1.807, 2.05) is 0 Å². The van der Waals surface area contributed by atoms with E-state index in [0.717, 1.165) is 30.3 Å². The van der Waals surface area contributed by atoms with E-state index in [-0.39, 0.29) is 29.5 Å². The summed E-state index contributed by atoms with van der Waals surface area (Å²) in [5, 5.41) is 22.0. The molecule has 0 bridgehead atoms. The maximum Gasteiger partial charge on any atom is 0.416 e. The maximum atomic E-state index is 12.9. The van der Waals surface area contributed by atoms with E-state index >= 15 is 0 Å². The van der Waals surface area contributed by atoms with Gasteiger partial charge in [0.15, 0.2) is 5.69 Å². The highest BCUT2D eigenvalue weighted by Gasteiger charge is 2.30. The van der Waals surface area contributed by atoms with Crippen molar-refractivity contribution in [3.8, 4) is 11.5 Å². The summed E-state index contributed by atoms with van der Waals surface area (Å²) < 4.78 is 47.3. The van der Waals surface area contributed by atoms with Gasteiger partial charge in [0.1, 0.15) is 18.2 Å². The second-order valence-corrected chi connectivity index (χ2v) is 6.98. The number of hydrogen-bond acceptors (Lipinski definition) is 6. The number of halogens is 3. The molecule has 0 aliphatic heterocycles. The van der Waals surface area contributed by atoms with E-state index in [2.05, 4.69) is 15.5 Å². The fraction of sp³-hybridized carbons (Fsp3) is 0.0952. The Labute approximate surface area is 189 Å². The van der Waals surface area contributed by atoms with E-state index in [4.69, 9.17) is 4.74 Å². The number of nitro benzene ring substituents is 1. The predicted molar refractivity (Wildman–Crippen MR) is 112 cm³/mol. The molecule has 2 heterocycles. The molecule has 10 nitrogen and oxygen atoms in total. The van der Waals surface area contributed by atoms with Crippen LogP contribution in [0.3, 0.4) is 0 Å². The highest BCUT2D eigenvalue weighted by molar-refractivity contribution is 6.03. The van der Waals surface area contributed by atoms with Gasteiger partial charge in [-0.15, -0.1) is 0 Å². The topological polar surface area (TPSA) is 117 Å². The van der Waals surface area contributed by atoms with Gasteiger partial charge in [-0.3, -0.25) is 24.3 Å². The number of aromatic nitrogens is 4. The zero-order valence-electron chi connectivity index (χ0n) is 17.1. The van der Waals surface area contributed by atoms with Crippen molar-refractivity contribution in [3.05, 3.63) is 94.6 Å². The normalized spacial score (nSPS) is 11.3. The summed E-state index contributed by atoms with van der Waals surface area (Å²) >= 11 is 0. The van der Waals surface area contributed by atoms with Gasteiger partial charge in [-0.25, -0.2) is 0 Å². The summed E-state index contributed by atoms with van der Waals surface area (Å²) in [4.78, 5) is 23.2. The lowest BCUT2D eigenvalue weighted by atomic mass is 10.2. The summed E-state index contributed by atoms with van der Waals surface area (Å²) in [5.74, 6) is -0.956. The first-order valence-corrected chi connectivity index (χ1v) is 9.64. The van der Waals surface area contributed by atoms with Crippen LogP contribution in [0.25, 0.3) is 0 Å². The summed E-state index contributed by atoms with van der Waals surface area (Å²) in [5.41, 5.74) is -1.32. The van der Waals surface area contributed by atoms with Crippen LogP contribution in [0.15, 0.2) is 73.2 Å². The second kappa shape index (κ2) is 9.05. The van der Waals surface area contributed by atoms with Crippen LogP contribution in [0.2, 0.25) is 0 Å². The molecule has 2 aromatic carbocycles. The number of carbonyl (C=O) groups is 1. The van der Waals surface area contributed by atoms with Crippen LogP contribution >= 0.6 is 0 Å². The van der Waals surface area contributed by atoms with Crippen LogP contribution in [0, 0.1) is 10.1 Å². The van der Waals surface area contributed by atoms with E-state index in [1.54, 1.807) is 29.3 Å². The first-order chi connectivity index (χ1) is 16.2. The Hall–Kier alpha value is -4.68. The van der Waals surface area contributed by atoms with Gasteiger partial charge < -0.3 is 10.1 Å². The molecule has 0 spiro atoms. The number of nitrogens with zero attached hydrogens (tertiary/aromatic N) is 5. The van der Waals surface area contributed by atoms with Crippen LogP contribution in [0.1, 0.15) is 16.1 Å². The zero-order valence-corrected chi connectivity index (χ0v) is 17.1. The molecule has 0 aliphatic rings. The predicted octanol–water partition coefficient (Wildman–Crippen LogP) is 4.56. The zero-order chi connectivity index (χ0) is 24.3. The molecule has 4 aromatic rings. The number of ether oxygens (including phenoxy) is 1. The molecule has 13 heteroatoms. The number of carbonyl (C=O) groups excluding carboxylic acids is 1. The van der Waals surface area contributed by atoms with Crippen LogP contribution in [-0.4, -0.2) is 30.4 Å². The third-order valence-corrected chi connectivity index (χ3v) is 4.48. The minimum atomic E-state index is -4.58. The standard InChI is InChI=1S/C21H15F3N6O4/c22-21(23,24)14-3-1-4-17(9-14)34-18-11-15(10-16(12-18)30(32)33)26-20(31)19-5-8-29(27-19)13-28-7-2-6-25-28/h1-12H,13H2,(H,26,31). The Kier molecular flexibility index (Phi) is 5.99. The van der Waals surface area contributed by atoms with Crippen molar-refractivity contribution in [1.29, 1.82) is 0 Å². The van der Waals surface area contributed by atoms with Crippen LogP contribution in [0.4, 0.5) is 24.5 Å². The number of anilines is 1. The number of alkyl halides is 3. The highest BCUT2D eigenvalue weighted by Crippen LogP contribution is 2.34. The first kappa shape index (κ1) is 22.5.